The summed E-state index contributed by atoms with van der Waals surface area (Å²) in [4.78, 5) is 13.7. The van der Waals surface area contributed by atoms with E-state index in [0.29, 0.717) is 6.61 Å². The Labute approximate surface area is 108 Å². The number of esters is 1. The molecule has 2 rings (SSSR count). The number of carbonyl (C=O) groups excluding carboxylic acids is 1. The highest BCUT2D eigenvalue weighted by atomic mass is 16.5. The van der Waals surface area contributed by atoms with Crippen molar-refractivity contribution in [1.29, 1.82) is 0 Å². The van der Waals surface area contributed by atoms with Crippen molar-refractivity contribution in [3.63, 3.8) is 0 Å². The van der Waals surface area contributed by atoms with Crippen LogP contribution in [0.25, 0.3) is 6.08 Å². The fraction of sp³-hybridized carbons (Fsp3) is 0.400. The minimum Gasteiger partial charge on any atom is -0.463 e. The van der Waals surface area contributed by atoms with Crippen molar-refractivity contribution in [3.8, 4) is 0 Å². The molecule has 96 valence electrons. The van der Waals surface area contributed by atoms with Gasteiger partial charge in [0.2, 0.25) is 0 Å². The molecule has 0 bridgehead atoms. The van der Waals surface area contributed by atoms with Crippen molar-refractivity contribution < 1.29 is 9.53 Å². The summed E-state index contributed by atoms with van der Waals surface area (Å²) >= 11 is 0. The summed E-state index contributed by atoms with van der Waals surface area (Å²) in [5.41, 5.74) is 2.28. The van der Waals surface area contributed by atoms with Gasteiger partial charge in [0.05, 0.1) is 6.61 Å². The molecule has 0 aromatic heterocycles. The van der Waals surface area contributed by atoms with E-state index in [1.54, 1.807) is 0 Å². The van der Waals surface area contributed by atoms with Gasteiger partial charge >= 0.3 is 5.97 Å². The number of hydrogen-bond acceptors (Lipinski definition) is 3. The first-order valence-electron chi connectivity index (χ1n) is 6.50. The van der Waals surface area contributed by atoms with E-state index in [1.807, 2.05) is 31.2 Å². The average molecular weight is 245 g/mol. The van der Waals surface area contributed by atoms with Crippen molar-refractivity contribution in [2.45, 2.75) is 19.8 Å². The minimum atomic E-state index is -0.284. The highest BCUT2D eigenvalue weighted by Gasteiger charge is 2.14. The molecule has 0 saturated carbocycles. The van der Waals surface area contributed by atoms with Gasteiger partial charge in [-0.15, -0.1) is 0 Å². The number of nitrogens with zero attached hydrogens (tertiary/aromatic N) is 1. The van der Waals surface area contributed by atoms with E-state index in [-0.39, 0.29) is 5.97 Å². The smallest absolute Gasteiger partial charge is 0.330 e. The van der Waals surface area contributed by atoms with E-state index in [4.69, 9.17) is 4.74 Å². The lowest BCUT2D eigenvalue weighted by molar-refractivity contribution is -0.137. The summed E-state index contributed by atoms with van der Waals surface area (Å²) in [6, 6.07) is 8.17. The molecule has 18 heavy (non-hydrogen) atoms. The van der Waals surface area contributed by atoms with Crippen LogP contribution in [0.2, 0.25) is 0 Å². The molecule has 3 nitrogen and oxygen atoms in total. The van der Waals surface area contributed by atoms with E-state index < -0.39 is 0 Å². The van der Waals surface area contributed by atoms with E-state index in [9.17, 15) is 4.79 Å². The van der Waals surface area contributed by atoms with Gasteiger partial charge in [0, 0.05) is 24.9 Å². The average Bonchev–Trinajstić information content (AvgIpc) is 2.91. The summed E-state index contributed by atoms with van der Waals surface area (Å²) in [5.74, 6) is -0.284. The van der Waals surface area contributed by atoms with Gasteiger partial charge in [-0.2, -0.15) is 0 Å². The van der Waals surface area contributed by atoms with Crippen LogP contribution in [0.15, 0.2) is 30.3 Å². The predicted octanol–water partition coefficient (Wildman–Crippen LogP) is 2.86. The maximum Gasteiger partial charge on any atom is 0.330 e. The molecule has 0 amide bonds. The van der Waals surface area contributed by atoms with Crippen LogP contribution in [0.3, 0.4) is 0 Å². The quantitative estimate of drug-likeness (QED) is 0.603. The van der Waals surface area contributed by atoms with Crippen molar-refractivity contribution in [1.82, 2.24) is 0 Å². The Kier molecular flexibility index (Phi) is 4.40. The number of ether oxygens (including phenoxy) is 1. The van der Waals surface area contributed by atoms with Gasteiger partial charge in [0.1, 0.15) is 0 Å². The number of carbonyl (C=O) groups is 1. The van der Waals surface area contributed by atoms with Crippen LogP contribution in [0, 0.1) is 0 Å². The normalized spacial score (nSPS) is 15.3. The Morgan fingerprint density at radius 1 is 1.33 bits per heavy atom. The van der Waals surface area contributed by atoms with E-state index in [2.05, 4.69) is 11.0 Å². The Morgan fingerprint density at radius 2 is 2.06 bits per heavy atom. The number of benzene rings is 1. The summed E-state index contributed by atoms with van der Waals surface area (Å²) in [6.07, 6.45) is 5.83. The van der Waals surface area contributed by atoms with Gasteiger partial charge in [-0.3, -0.25) is 0 Å². The number of rotatable bonds is 4. The van der Waals surface area contributed by atoms with Crippen LogP contribution in [0.5, 0.6) is 0 Å². The van der Waals surface area contributed by atoms with Crippen LogP contribution in [0.1, 0.15) is 25.3 Å². The Morgan fingerprint density at radius 3 is 2.78 bits per heavy atom. The second kappa shape index (κ2) is 6.24. The molecule has 0 N–H and O–H groups in total. The Bertz CT molecular complexity index is 434. The third kappa shape index (κ3) is 3.13. The first kappa shape index (κ1) is 12.7. The molecule has 0 spiro atoms. The van der Waals surface area contributed by atoms with Crippen LogP contribution in [0.4, 0.5) is 5.69 Å². The van der Waals surface area contributed by atoms with E-state index in [1.165, 1.54) is 24.6 Å². The molecule has 0 atom stereocenters. The highest BCUT2D eigenvalue weighted by Crippen LogP contribution is 2.25. The standard InChI is InChI=1S/C15H19NO2/c1-2-18-15(17)10-9-13-7-3-4-8-14(13)16-11-5-6-12-16/h3-4,7-10H,2,5-6,11-12H2,1H3. The zero-order chi connectivity index (χ0) is 12.8. The lowest BCUT2D eigenvalue weighted by atomic mass is 10.1. The number of hydrogen-bond donors (Lipinski definition) is 0. The largest absolute Gasteiger partial charge is 0.463 e. The zero-order valence-electron chi connectivity index (χ0n) is 10.8. The molecule has 1 saturated heterocycles. The highest BCUT2D eigenvalue weighted by molar-refractivity contribution is 5.88. The molecule has 1 fully saturated rings. The van der Waals surface area contributed by atoms with Gasteiger partial charge < -0.3 is 9.64 Å². The van der Waals surface area contributed by atoms with Crippen LogP contribution < -0.4 is 4.90 Å². The van der Waals surface area contributed by atoms with Gasteiger partial charge in [0.15, 0.2) is 0 Å². The molecule has 1 heterocycles. The molecule has 1 aromatic carbocycles. The first-order valence-corrected chi connectivity index (χ1v) is 6.50. The van der Waals surface area contributed by atoms with E-state index >= 15 is 0 Å². The van der Waals surface area contributed by atoms with Crippen LogP contribution >= 0.6 is 0 Å². The Hall–Kier alpha value is -1.77. The van der Waals surface area contributed by atoms with Crippen LogP contribution in [-0.4, -0.2) is 25.7 Å². The summed E-state index contributed by atoms with van der Waals surface area (Å²) < 4.78 is 4.89. The zero-order valence-corrected chi connectivity index (χ0v) is 10.8. The SMILES string of the molecule is CCOC(=O)C=Cc1ccccc1N1CCCC1. The minimum absolute atomic E-state index is 0.284. The predicted molar refractivity (Wildman–Crippen MR) is 73.6 cm³/mol. The van der Waals surface area contributed by atoms with Crippen molar-refractivity contribution in [2.75, 3.05) is 24.6 Å². The third-order valence-electron chi connectivity index (χ3n) is 3.07. The third-order valence-corrected chi connectivity index (χ3v) is 3.07. The van der Waals surface area contributed by atoms with Crippen LogP contribution in [-0.2, 0) is 9.53 Å². The second-order valence-corrected chi connectivity index (χ2v) is 4.34. The first-order chi connectivity index (χ1) is 8.81. The van der Waals surface area contributed by atoms with Gasteiger partial charge in [-0.25, -0.2) is 4.79 Å². The lowest BCUT2D eigenvalue weighted by Gasteiger charge is -2.19. The van der Waals surface area contributed by atoms with Gasteiger partial charge in [-0.05, 0) is 37.5 Å². The molecule has 1 aromatic rings. The topological polar surface area (TPSA) is 29.5 Å². The van der Waals surface area contributed by atoms with Crippen molar-refractivity contribution in [2.24, 2.45) is 0 Å². The summed E-state index contributed by atoms with van der Waals surface area (Å²) in [5, 5.41) is 0. The van der Waals surface area contributed by atoms with Crippen molar-refractivity contribution >= 4 is 17.7 Å². The van der Waals surface area contributed by atoms with Gasteiger partial charge in [-0.1, -0.05) is 18.2 Å². The molecular weight excluding hydrogens is 226 g/mol. The maximum absolute atomic E-state index is 11.3. The molecule has 1 aliphatic rings. The fourth-order valence-electron chi connectivity index (χ4n) is 2.22. The van der Waals surface area contributed by atoms with Gasteiger partial charge in [0.25, 0.3) is 0 Å². The summed E-state index contributed by atoms with van der Waals surface area (Å²) in [7, 11) is 0. The fourth-order valence-corrected chi connectivity index (χ4v) is 2.22. The molecule has 1 aliphatic heterocycles. The van der Waals surface area contributed by atoms with E-state index in [0.717, 1.165) is 18.7 Å². The molecule has 0 unspecified atom stereocenters. The summed E-state index contributed by atoms with van der Waals surface area (Å²) in [6.45, 7) is 4.43. The molecule has 3 heteroatoms. The maximum atomic E-state index is 11.3. The number of anilines is 1. The monoisotopic (exact) mass is 245 g/mol. The molecular formula is C15H19NO2. The molecule has 0 aliphatic carbocycles. The van der Waals surface area contributed by atoms with Crippen molar-refractivity contribution in [3.05, 3.63) is 35.9 Å². The molecule has 0 radical (unpaired) electrons. The Balaban J connectivity index is 2.14. The second-order valence-electron chi connectivity index (χ2n) is 4.34. The number of para-hydroxylation sites is 1. The lowest BCUT2D eigenvalue weighted by Crippen LogP contribution is -2.18.